The zero-order chi connectivity index (χ0) is 12.9. The fourth-order valence-corrected chi connectivity index (χ4v) is 1.22. The number of guanidine groups is 1. The molecule has 0 fully saturated rings. The maximum atomic E-state index is 4.89. The highest BCUT2D eigenvalue weighted by atomic mass is 16.5. The lowest BCUT2D eigenvalue weighted by molar-refractivity contribution is 0.387. The van der Waals surface area contributed by atoms with Gasteiger partial charge in [0, 0.05) is 19.0 Å². The van der Waals surface area contributed by atoms with Crippen LogP contribution in [-0.2, 0) is 6.54 Å². The molecule has 0 unspecified atom stereocenters. The Labute approximate surface area is 102 Å². The summed E-state index contributed by atoms with van der Waals surface area (Å²) in [4.78, 5) is 8.49. The highest BCUT2D eigenvalue weighted by Gasteiger charge is 2.11. The summed E-state index contributed by atoms with van der Waals surface area (Å²) in [5.74, 6) is 1.90. The number of rotatable bonds is 3. The molecule has 1 aromatic rings. The second-order valence-electron chi connectivity index (χ2n) is 4.80. The van der Waals surface area contributed by atoms with Crippen molar-refractivity contribution in [2.45, 2.75) is 46.7 Å². The van der Waals surface area contributed by atoms with Crippen LogP contribution in [0.4, 0.5) is 0 Å². The molecule has 6 nitrogen and oxygen atoms in total. The zero-order valence-electron chi connectivity index (χ0n) is 11.2. The molecule has 0 radical (unpaired) electrons. The number of nitrogens with zero attached hydrogens (tertiary/aromatic N) is 3. The quantitative estimate of drug-likeness (QED) is 0.613. The first-order valence-corrected chi connectivity index (χ1v) is 5.76. The van der Waals surface area contributed by atoms with Crippen molar-refractivity contribution in [2.24, 2.45) is 4.99 Å². The van der Waals surface area contributed by atoms with Gasteiger partial charge in [-0.15, -0.1) is 0 Å². The van der Waals surface area contributed by atoms with Crippen molar-refractivity contribution in [1.82, 2.24) is 20.8 Å². The van der Waals surface area contributed by atoms with Crippen molar-refractivity contribution >= 4 is 5.96 Å². The molecule has 0 aliphatic carbocycles. The average Bonchev–Trinajstić information content (AvgIpc) is 2.59. The van der Waals surface area contributed by atoms with Crippen LogP contribution in [0.15, 0.2) is 9.52 Å². The molecule has 1 rings (SSSR count). The molecule has 1 heterocycles. The molecule has 0 saturated heterocycles. The van der Waals surface area contributed by atoms with Gasteiger partial charge in [-0.05, 0) is 27.7 Å². The van der Waals surface area contributed by atoms with Crippen LogP contribution in [0.3, 0.4) is 0 Å². The highest BCUT2D eigenvalue weighted by Crippen LogP contribution is 2.00. The lowest BCUT2D eigenvalue weighted by atomic mass is 10.1. The fraction of sp³-hybridized carbons (Fsp3) is 0.727. The molecule has 0 aliphatic heterocycles. The third kappa shape index (κ3) is 5.33. The molecular weight excluding hydrogens is 218 g/mol. The van der Waals surface area contributed by atoms with E-state index in [-0.39, 0.29) is 5.54 Å². The molecule has 0 aliphatic rings. The summed E-state index contributed by atoms with van der Waals surface area (Å²) in [6.45, 7) is 11.3. The number of aliphatic imine (C=N–C) groups is 1. The van der Waals surface area contributed by atoms with E-state index in [1.54, 1.807) is 6.92 Å². The van der Waals surface area contributed by atoms with Gasteiger partial charge in [0.15, 0.2) is 11.8 Å². The van der Waals surface area contributed by atoms with E-state index >= 15 is 0 Å². The van der Waals surface area contributed by atoms with Gasteiger partial charge < -0.3 is 15.2 Å². The minimum Gasteiger partial charge on any atom is -0.357 e. The monoisotopic (exact) mass is 239 g/mol. The standard InChI is InChI=1S/C11H21N5O/c1-6-12-10(15-11(3,4)5)13-7-9-14-8(2)17-16-9/h6-7H2,1-5H3,(H2,12,13,15). The van der Waals surface area contributed by atoms with Crippen LogP contribution < -0.4 is 10.6 Å². The van der Waals surface area contributed by atoms with E-state index in [0.29, 0.717) is 18.3 Å². The van der Waals surface area contributed by atoms with Gasteiger partial charge in [-0.2, -0.15) is 4.98 Å². The Kier molecular flexibility index (Phi) is 4.48. The van der Waals surface area contributed by atoms with Gasteiger partial charge in [-0.3, -0.25) is 0 Å². The van der Waals surface area contributed by atoms with Crippen LogP contribution >= 0.6 is 0 Å². The van der Waals surface area contributed by atoms with Crippen LogP contribution in [0.1, 0.15) is 39.4 Å². The van der Waals surface area contributed by atoms with Crippen molar-refractivity contribution in [3.63, 3.8) is 0 Å². The molecule has 0 bridgehead atoms. The molecular formula is C11H21N5O. The van der Waals surface area contributed by atoms with Gasteiger partial charge in [-0.1, -0.05) is 5.16 Å². The molecule has 0 aromatic carbocycles. The van der Waals surface area contributed by atoms with Crippen LogP contribution in [0, 0.1) is 6.92 Å². The summed E-state index contributed by atoms with van der Waals surface area (Å²) in [6, 6.07) is 0. The molecule has 0 amide bonds. The van der Waals surface area contributed by atoms with Crippen molar-refractivity contribution < 1.29 is 4.52 Å². The van der Waals surface area contributed by atoms with Crippen molar-refractivity contribution in [3.05, 3.63) is 11.7 Å². The van der Waals surface area contributed by atoms with E-state index in [2.05, 4.69) is 46.5 Å². The summed E-state index contributed by atoms with van der Waals surface area (Å²) in [5.41, 5.74) is -0.0336. The van der Waals surface area contributed by atoms with Gasteiger partial charge in [0.1, 0.15) is 6.54 Å². The average molecular weight is 239 g/mol. The number of hydrogen-bond donors (Lipinski definition) is 2. The SMILES string of the molecule is CCNC(=NCc1noc(C)n1)NC(C)(C)C. The van der Waals surface area contributed by atoms with Crippen LogP contribution in [0.2, 0.25) is 0 Å². The van der Waals surface area contributed by atoms with Crippen molar-refractivity contribution in [2.75, 3.05) is 6.54 Å². The summed E-state index contributed by atoms with van der Waals surface area (Å²) in [5, 5.41) is 10.3. The normalized spacial score (nSPS) is 12.6. The number of aryl methyl sites for hydroxylation is 1. The van der Waals surface area contributed by atoms with E-state index in [1.807, 2.05) is 6.92 Å². The van der Waals surface area contributed by atoms with E-state index in [1.165, 1.54) is 0 Å². The Balaban J connectivity index is 2.63. The molecule has 6 heteroatoms. The maximum absolute atomic E-state index is 4.89. The van der Waals surface area contributed by atoms with Crippen molar-refractivity contribution in [3.8, 4) is 0 Å². The second kappa shape index (κ2) is 5.65. The fourth-order valence-electron chi connectivity index (χ4n) is 1.22. The molecule has 96 valence electrons. The largest absolute Gasteiger partial charge is 0.357 e. The minimum absolute atomic E-state index is 0.0336. The molecule has 0 atom stereocenters. The summed E-state index contributed by atoms with van der Waals surface area (Å²) < 4.78 is 4.89. The third-order valence-electron chi connectivity index (χ3n) is 1.79. The molecule has 1 aromatic heterocycles. The number of aromatic nitrogens is 2. The third-order valence-corrected chi connectivity index (χ3v) is 1.79. The van der Waals surface area contributed by atoms with Gasteiger partial charge in [0.25, 0.3) is 0 Å². The predicted octanol–water partition coefficient (Wildman–Crippen LogP) is 1.23. The van der Waals surface area contributed by atoms with Crippen LogP contribution in [-0.4, -0.2) is 28.2 Å². The Morgan fingerprint density at radius 3 is 2.59 bits per heavy atom. The smallest absolute Gasteiger partial charge is 0.223 e. The van der Waals surface area contributed by atoms with E-state index < -0.39 is 0 Å². The highest BCUT2D eigenvalue weighted by molar-refractivity contribution is 5.80. The molecule has 17 heavy (non-hydrogen) atoms. The van der Waals surface area contributed by atoms with Crippen LogP contribution in [0.25, 0.3) is 0 Å². The molecule has 0 saturated carbocycles. The summed E-state index contributed by atoms with van der Waals surface area (Å²) in [6.07, 6.45) is 0. The van der Waals surface area contributed by atoms with Gasteiger partial charge >= 0.3 is 0 Å². The molecule has 2 N–H and O–H groups in total. The van der Waals surface area contributed by atoms with Gasteiger partial charge in [-0.25, -0.2) is 4.99 Å². The first-order valence-electron chi connectivity index (χ1n) is 5.76. The topological polar surface area (TPSA) is 75.3 Å². The lowest BCUT2D eigenvalue weighted by Gasteiger charge is -2.23. The summed E-state index contributed by atoms with van der Waals surface area (Å²) in [7, 11) is 0. The van der Waals surface area contributed by atoms with Gasteiger partial charge in [0.05, 0.1) is 0 Å². The van der Waals surface area contributed by atoms with E-state index in [0.717, 1.165) is 12.5 Å². The Hall–Kier alpha value is -1.59. The van der Waals surface area contributed by atoms with Crippen LogP contribution in [0.5, 0.6) is 0 Å². The van der Waals surface area contributed by atoms with Crippen molar-refractivity contribution in [1.29, 1.82) is 0 Å². The van der Waals surface area contributed by atoms with E-state index in [9.17, 15) is 0 Å². The lowest BCUT2D eigenvalue weighted by Crippen LogP contribution is -2.47. The Bertz CT molecular complexity index is 377. The predicted molar refractivity (Wildman–Crippen MR) is 66.7 cm³/mol. The number of hydrogen-bond acceptors (Lipinski definition) is 4. The first-order chi connectivity index (χ1) is 7.90. The summed E-state index contributed by atoms with van der Waals surface area (Å²) >= 11 is 0. The minimum atomic E-state index is -0.0336. The second-order valence-corrected chi connectivity index (χ2v) is 4.80. The number of nitrogens with one attached hydrogen (secondary N) is 2. The zero-order valence-corrected chi connectivity index (χ0v) is 11.2. The first kappa shape index (κ1) is 13.5. The molecule has 0 spiro atoms. The van der Waals surface area contributed by atoms with Gasteiger partial charge in [0.2, 0.25) is 5.89 Å². The maximum Gasteiger partial charge on any atom is 0.223 e. The Morgan fingerprint density at radius 1 is 1.41 bits per heavy atom. The van der Waals surface area contributed by atoms with E-state index in [4.69, 9.17) is 4.52 Å². The Morgan fingerprint density at radius 2 is 2.12 bits per heavy atom.